The predicted octanol–water partition coefficient (Wildman–Crippen LogP) is 3.68. The van der Waals surface area contributed by atoms with E-state index in [1.54, 1.807) is 0 Å². The molecule has 0 radical (unpaired) electrons. The van der Waals surface area contributed by atoms with E-state index >= 15 is 0 Å². The van der Waals surface area contributed by atoms with E-state index < -0.39 is 0 Å². The third-order valence-corrected chi connectivity index (χ3v) is 3.23. The molecule has 1 aromatic rings. The van der Waals surface area contributed by atoms with Gasteiger partial charge in [0.2, 0.25) is 0 Å². The van der Waals surface area contributed by atoms with Gasteiger partial charge in [-0.2, -0.15) is 0 Å². The van der Waals surface area contributed by atoms with Crippen molar-refractivity contribution in [3.05, 3.63) is 34.9 Å². The van der Waals surface area contributed by atoms with E-state index in [1.807, 2.05) is 25.1 Å². The monoisotopic (exact) mass is 269 g/mol. The third kappa shape index (κ3) is 5.38. The van der Waals surface area contributed by atoms with Gasteiger partial charge in [0.15, 0.2) is 0 Å². The molecule has 0 heterocycles. The number of benzene rings is 1. The van der Waals surface area contributed by atoms with E-state index in [2.05, 4.69) is 25.2 Å². The van der Waals surface area contributed by atoms with Crippen molar-refractivity contribution in [1.82, 2.24) is 5.32 Å². The summed E-state index contributed by atoms with van der Waals surface area (Å²) in [6.07, 6.45) is 2.28. The Hall–Kier alpha value is -0.570. The smallest absolute Gasteiger partial charge is 0.0703 e. The van der Waals surface area contributed by atoms with Crippen molar-refractivity contribution < 1.29 is 4.74 Å². The van der Waals surface area contributed by atoms with Crippen molar-refractivity contribution in [2.75, 3.05) is 13.2 Å². The van der Waals surface area contributed by atoms with Gasteiger partial charge < -0.3 is 10.1 Å². The molecule has 1 rings (SSSR count). The Balaban J connectivity index is 2.64. The number of ether oxygens (including phenoxy) is 1. The SMILES string of the molecule is CCCNC(Cc1cccc(Cl)c1)C(C)OCC. The van der Waals surface area contributed by atoms with Gasteiger partial charge in [-0.05, 0) is 50.9 Å². The fraction of sp³-hybridized carbons (Fsp3) is 0.600. The summed E-state index contributed by atoms with van der Waals surface area (Å²) in [6, 6.07) is 8.39. The minimum atomic E-state index is 0.209. The largest absolute Gasteiger partial charge is 0.377 e. The van der Waals surface area contributed by atoms with Crippen LogP contribution in [0.5, 0.6) is 0 Å². The molecule has 18 heavy (non-hydrogen) atoms. The van der Waals surface area contributed by atoms with Crippen molar-refractivity contribution in [3.63, 3.8) is 0 Å². The average molecular weight is 270 g/mol. The lowest BCUT2D eigenvalue weighted by molar-refractivity contribution is 0.0476. The summed E-state index contributed by atoms with van der Waals surface area (Å²) in [7, 11) is 0. The molecular formula is C15H24ClNO. The summed E-state index contributed by atoms with van der Waals surface area (Å²) in [5.41, 5.74) is 1.25. The van der Waals surface area contributed by atoms with Gasteiger partial charge in [-0.1, -0.05) is 30.7 Å². The van der Waals surface area contributed by atoms with Crippen LogP contribution >= 0.6 is 11.6 Å². The van der Waals surface area contributed by atoms with Gasteiger partial charge in [0, 0.05) is 17.7 Å². The average Bonchev–Trinajstić information content (AvgIpc) is 2.34. The fourth-order valence-corrected chi connectivity index (χ4v) is 2.24. The maximum Gasteiger partial charge on any atom is 0.0703 e. The second-order valence-corrected chi connectivity index (χ2v) is 4.99. The van der Waals surface area contributed by atoms with E-state index in [9.17, 15) is 0 Å². The van der Waals surface area contributed by atoms with Crippen LogP contribution in [-0.4, -0.2) is 25.3 Å². The molecule has 2 atom stereocenters. The zero-order valence-corrected chi connectivity index (χ0v) is 12.3. The Morgan fingerprint density at radius 2 is 2.11 bits per heavy atom. The van der Waals surface area contributed by atoms with Gasteiger partial charge in [0.1, 0.15) is 0 Å². The Kier molecular flexibility index (Phi) is 7.33. The van der Waals surface area contributed by atoms with Crippen LogP contribution in [0.2, 0.25) is 5.02 Å². The van der Waals surface area contributed by atoms with Crippen molar-refractivity contribution >= 4 is 11.6 Å². The molecule has 0 aromatic heterocycles. The highest BCUT2D eigenvalue weighted by Gasteiger charge is 2.17. The zero-order valence-electron chi connectivity index (χ0n) is 11.6. The molecule has 1 N–H and O–H groups in total. The molecule has 0 fully saturated rings. The number of hydrogen-bond acceptors (Lipinski definition) is 2. The van der Waals surface area contributed by atoms with Crippen LogP contribution < -0.4 is 5.32 Å². The number of nitrogens with one attached hydrogen (secondary N) is 1. The molecule has 0 saturated heterocycles. The summed E-state index contributed by atoms with van der Waals surface area (Å²) in [6.45, 7) is 8.10. The standard InChI is InChI=1S/C15H24ClNO/c1-4-9-17-15(12(3)18-5-2)11-13-7-6-8-14(16)10-13/h6-8,10,12,15,17H,4-5,9,11H2,1-3H3. The van der Waals surface area contributed by atoms with E-state index in [0.717, 1.165) is 31.0 Å². The minimum Gasteiger partial charge on any atom is -0.377 e. The van der Waals surface area contributed by atoms with E-state index in [-0.39, 0.29) is 6.10 Å². The second kappa shape index (κ2) is 8.52. The Labute approximate surface area is 116 Å². The molecule has 2 unspecified atom stereocenters. The van der Waals surface area contributed by atoms with Crippen LogP contribution in [0.4, 0.5) is 0 Å². The van der Waals surface area contributed by atoms with Gasteiger partial charge in [-0.15, -0.1) is 0 Å². The van der Waals surface area contributed by atoms with Crippen LogP contribution in [-0.2, 0) is 11.2 Å². The highest BCUT2D eigenvalue weighted by molar-refractivity contribution is 6.30. The van der Waals surface area contributed by atoms with Crippen molar-refractivity contribution in [3.8, 4) is 0 Å². The van der Waals surface area contributed by atoms with Crippen LogP contribution in [0.3, 0.4) is 0 Å². The molecule has 2 nitrogen and oxygen atoms in total. The van der Waals surface area contributed by atoms with Gasteiger partial charge in [-0.3, -0.25) is 0 Å². The first-order valence-electron chi connectivity index (χ1n) is 6.76. The summed E-state index contributed by atoms with van der Waals surface area (Å²) >= 11 is 6.02. The van der Waals surface area contributed by atoms with Gasteiger partial charge in [0.05, 0.1) is 6.10 Å². The number of rotatable bonds is 8. The summed E-state index contributed by atoms with van der Waals surface area (Å²) in [5.74, 6) is 0. The van der Waals surface area contributed by atoms with Gasteiger partial charge in [0.25, 0.3) is 0 Å². The Bertz CT molecular complexity index is 343. The first-order valence-corrected chi connectivity index (χ1v) is 7.14. The third-order valence-electron chi connectivity index (χ3n) is 3.00. The normalized spacial score (nSPS) is 14.4. The van der Waals surface area contributed by atoms with Crippen molar-refractivity contribution in [2.24, 2.45) is 0 Å². The van der Waals surface area contributed by atoms with E-state index in [0.29, 0.717) is 6.04 Å². The van der Waals surface area contributed by atoms with Gasteiger partial charge >= 0.3 is 0 Å². The van der Waals surface area contributed by atoms with Crippen LogP contribution in [0.15, 0.2) is 24.3 Å². The number of hydrogen-bond donors (Lipinski definition) is 1. The van der Waals surface area contributed by atoms with Crippen LogP contribution in [0.1, 0.15) is 32.8 Å². The molecular weight excluding hydrogens is 246 g/mol. The highest BCUT2D eigenvalue weighted by atomic mass is 35.5. The van der Waals surface area contributed by atoms with E-state index in [4.69, 9.17) is 16.3 Å². The molecule has 0 aliphatic rings. The lowest BCUT2D eigenvalue weighted by atomic mass is 10.0. The molecule has 0 spiro atoms. The summed E-state index contributed by atoms with van der Waals surface area (Å²) < 4.78 is 5.71. The molecule has 0 saturated carbocycles. The van der Waals surface area contributed by atoms with Crippen LogP contribution in [0.25, 0.3) is 0 Å². The highest BCUT2D eigenvalue weighted by Crippen LogP contribution is 2.14. The molecule has 3 heteroatoms. The maximum atomic E-state index is 6.02. The first-order chi connectivity index (χ1) is 8.67. The Morgan fingerprint density at radius 1 is 1.33 bits per heavy atom. The first kappa shape index (κ1) is 15.5. The lowest BCUT2D eigenvalue weighted by Crippen LogP contribution is -2.41. The molecule has 0 aliphatic carbocycles. The molecule has 0 aliphatic heterocycles. The Morgan fingerprint density at radius 3 is 2.72 bits per heavy atom. The number of halogens is 1. The molecule has 102 valence electrons. The molecule has 0 amide bonds. The van der Waals surface area contributed by atoms with Crippen LogP contribution in [0, 0.1) is 0 Å². The summed E-state index contributed by atoms with van der Waals surface area (Å²) in [5, 5.41) is 4.35. The van der Waals surface area contributed by atoms with Gasteiger partial charge in [-0.25, -0.2) is 0 Å². The fourth-order valence-electron chi connectivity index (χ4n) is 2.03. The van der Waals surface area contributed by atoms with Crippen molar-refractivity contribution in [1.29, 1.82) is 0 Å². The topological polar surface area (TPSA) is 21.3 Å². The quantitative estimate of drug-likeness (QED) is 0.777. The minimum absolute atomic E-state index is 0.209. The molecule has 0 bridgehead atoms. The maximum absolute atomic E-state index is 6.02. The second-order valence-electron chi connectivity index (χ2n) is 4.56. The molecule has 1 aromatic carbocycles. The summed E-state index contributed by atoms with van der Waals surface area (Å²) in [4.78, 5) is 0. The van der Waals surface area contributed by atoms with Crippen molar-refractivity contribution in [2.45, 2.75) is 45.8 Å². The predicted molar refractivity (Wildman–Crippen MR) is 78.3 cm³/mol. The lowest BCUT2D eigenvalue weighted by Gasteiger charge is -2.25. The zero-order chi connectivity index (χ0) is 13.4. The van der Waals surface area contributed by atoms with E-state index in [1.165, 1.54) is 5.56 Å².